The van der Waals surface area contributed by atoms with Crippen molar-refractivity contribution >= 4 is 31.3 Å². The molecule has 3 nitrogen and oxygen atoms in total. The van der Waals surface area contributed by atoms with Crippen LogP contribution in [-0.4, -0.2) is 24.2 Å². The largest absolute Gasteiger partial charge is 0.361 e. The second-order valence-corrected chi connectivity index (χ2v) is 16.2. The van der Waals surface area contributed by atoms with Gasteiger partial charge in [0, 0.05) is 42.3 Å². The van der Waals surface area contributed by atoms with E-state index in [9.17, 15) is 0 Å². The Balaban J connectivity index is 1.81. The predicted molar refractivity (Wildman–Crippen MR) is 146 cm³/mol. The van der Waals surface area contributed by atoms with Gasteiger partial charge >= 0.3 is 0 Å². The van der Waals surface area contributed by atoms with Crippen molar-refractivity contribution in [3.8, 4) is 22.5 Å². The standard InChI is InChI=1S/C28H30Cl2N2OSi/c1-34(2,3)18-17-33-20-32-26(19-21-7-5-4-6-8-21)31-27(22-9-13-24(29)14-10-22)28(32)23-11-15-25(30)16-12-23/h4-16H,17-20H2,1-3H3. The van der Waals surface area contributed by atoms with Crippen molar-refractivity contribution in [3.05, 3.63) is 100 Å². The van der Waals surface area contributed by atoms with E-state index in [4.69, 9.17) is 32.9 Å². The maximum Gasteiger partial charge on any atom is 0.124 e. The Labute approximate surface area is 213 Å². The molecule has 0 saturated carbocycles. The topological polar surface area (TPSA) is 27.1 Å². The number of nitrogens with zero attached hydrogens (tertiary/aromatic N) is 2. The molecule has 0 atom stereocenters. The van der Waals surface area contributed by atoms with Crippen LogP contribution in [0.25, 0.3) is 22.5 Å². The molecule has 0 spiro atoms. The van der Waals surface area contributed by atoms with Gasteiger partial charge in [0.15, 0.2) is 0 Å². The van der Waals surface area contributed by atoms with E-state index < -0.39 is 8.07 Å². The predicted octanol–water partition coefficient (Wildman–Crippen LogP) is 8.43. The van der Waals surface area contributed by atoms with Gasteiger partial charge in [-0.25, -0.2) is 4.98 Å². The number of ether oxygens (including phenoxy) is 1. The van der Waals surface area contributed by atoms with Crippen LogP contribution in [0.2, 0.25) is 35.7 Å². The molecule has 0 aliphatic carbocycles. The van der Waals surface area contributed by atoms with Crippen LogP contribution >= 0.6 is 23.2 Å². The monoisotopic (exact) mass is 508 g/mol. The Morgan fingerprint density at radius 3 is 1.97 bits per heavy atom. The summed E-state index contributed by atoms with van der Waals surface area (Å²) in [5, 5.41) is 1.41. The highest BCUT2D eigenvalue weighted by molar-refractivity contribution is 6.76. The van der Waals surface area contributed by atoms with Crippen molar-refractivity contribution in [2.45, 2.75) is 38.8 Å². The molecule has 0 amide bonds. The molecule has 1 heterocycles. The highest BCUT2D eigenvalue weighted by atomic mass is 35.5. The summed E-state index contributed by atoms with van der Waals surface area (Å²) in [5.74, 6) is 0.967. The van der Waals surface area contributed by atoms with Gasteiger partial charge in [0.05, 0.1) is 11.4 Å². The summed E-state index contributed by atoms with van der Waals surface area (Å²) in [5.41, 5.74) is 5.22. The molecule has 0 aliphatic rings. The minimum Gasteiger partial charge on any atom is -0.361 e. The third-order valence-electron chi connectivity index (χ3n) is 5.70. The smallest absolute Gasteiger partial charge is 0.124 e. The minimum absolute atomic E-state index is 0.450. The molecule has 3 aromatic carbocycles. The van der Waals surface area contributed by atoms with Crippen molar-refractivity contribution in [2.24, 2.45) is 0 Å². The molecule has 4 aromatic rings. The first-order chi connectivity index (χ1) is 16.3. The second-order valence-electron chi connectivity index (χ2n) is 9.68. The average molecular weight is 510 g/mol. The number of benzene rings is 3. The Morgan fingerprint density at radius 2 is 1.38 bits per heavy atom. The molecule has 0 saturated heterocycles. The summed E-state index contributed by atoms with van der Waals surface area (Å²) in [6.45, 7) is 8.30. The van der Waals surface area contributed by atoms with Gasteiger partial charge in [-0.15, -0.1) is 0 Å². The summed E-state index contributed by atoms with van der Waals surface area (Å²) in [7, 11) is -1.18. The van der Waals surface area contributed by atoms with Crippen LogP contribution in [-0.2, 0) is 17.9 Å². The lowest BCUT2D eigenvalue weighted by Crippen LogP contribution is -2.22. The van der Waals surface area contributed by atoms with E-state index >= 15 is 0 Å². The van der Waals surface area contributed by atoms with Crippen LogP contribution in [0.15, 0.2) is 78.9 Å². The lowest BCUT2D eigenvalue weighted by Gasteiger charge is -2.17. The summed E-state index contributed by atoms with van der Waals surface area (Å²) in [6.07, 6.45) is 0.715. The zero-order chi connectivity index (χ0) is 24.1. The Kier molecular flexibility index (Phi) is 7.94. The molecule has 0 unspecified atom stereocenters. The number of imidazole rings is 1. The van der Waals surface area contributed by atoms with E-state index in [1.807, 2.05) is 54.6 Å². The fraction of sp³-hybridized carbons (Fsp3) is 0.250. The van der Waals surface area contributed by atoms with Crippen LogP contribution in [0.1, 0.15) is 11.4 Å². The third kappa shape index (κ3) is 6.39. The van der Waals surface area contributed by atoms with E-state index in [0.717, 1.165) is 41.0 Å². The first-order valence-electron chi connectivity index (χ1n) is 11.5. The molecule has 0 aliphatic heterocycles. The fourth-order valence-electron chi connectivity index (χ4n) is 3.80. The molecule has 0 radical (unpaired) electrons. The zero-order valence-electron chi connectivity index (χ0n) is 19.9. The van der Waals surface area contributed by atoms with Crippen LogP contribution < -0.4 is 0 Å². The lowest BCUT2D eigenvalue weighted by atomic mass is 10.0. The van der Waals surface area contributed by atoms with Gasteiger partial charge in [-0.05, 0) is 35.9 Å². The highest BCUT2D eigenvalue weighted by Crippen LogP contribution is 2.35. The molecule has 0 fully saturated rings. The van der Waals surface area contributed by atoms with Crippen molar-refractivity contribution in [3.63, 3.8) is 0 Å². The molecule has 34 heavy (non-hydrogen) atoms. The van der Waals surface area contributed by atoms with Gasteiger partial charge in [0.1, 0.15) is 12.6 Å². The van der Waals surface area contributed by atoms with Gasteiger partial charge in [-0.2, -0.15) is 0 Å². The summed E-state index contributed by atoms with van der Waals surface area (Å²) in [4.78, 5) is 5.15. The van der Waals surface area contributed by atoms with E-state index in [-0.39, 0.29) is 0 Å². The van der Waals surface area contributed by atoms with E-state index in [1.54, 1.807) is 0 Å². The summed E-state index contributed by atoms with van der Waals surface area (Å²) in [6, 6.07) is 27.3. The molecule has 4 rings (SSSR count). The third-order valence-corrected chi connectivity index (χ3v) is 7.91. The first kappa shape index (κ1) is 24.7. The van der Waals surface area contributed by atoms with Crippen molar-refractivity contribution < 1.29 is 4.74 Å². The normalized spacial score (nSPS) is 11.7. The SMILES string of the molecule is C[Si](C)(C)CCOCn1c(Cc2ccccc2)nc(-c2ccc(Cl)cc2)c1-c1ccc(Cl)cc1. The summed E-state index contributed by atoms with van der Waals surface area (Å²) < 4.78 is 8.45. The van der Waals surface area contributed by atoms with Crippen molar-refractivity contribution in [2.75, 3.05) is 6.61 Å². The number of halogens is 2. The maximum absolute atomic E-state index is 6.24. The van der Waals surface area contributed by atoms with Gasteiger partial charge in [-0.1, -0.05) is 97.4 Å². The molecule has 0 N–H and O–H groups in total. The molecule has 1 aromatic heterocycles. The number of hydrogen-bond acceptors (Lipinski definition) is 2. The fourth-order valence-corrected chi connectivity index (χ4v) is 4.80. The second kappa shape index (κ2) is 10.9. The highest BCUT2D eigenvalue weighted by Gasteiger charge is 2.21. The van der Waals surface area contributed by atoms with E-state index in [1.165, 1.54) is 5.56 Å². The van der Waals surface area contributed by atoms with Crippen molar-refractivity contribution in [1.82, 2.24) is 9.55 Å². The number of rotatable bonds is 9. The zero-order valence-corrected chi connectivity index (χ0v) is 22.4. The van der Waals surface area contributed by atoms with Gasteiger partial charge in [-0.3, -0.25) is 0 Å². The van der Waals surface area contributed by atoms with Crippen LogP contribution in [0, 0.1) is 0 Å². The molecular formula is C28H30Cl2N2OSi. The van der Waals surface area contributed by atoms with Gasteiger partial charge < -0.3 is 9.30 Å². The molecular weight excluding hydrogens is 479 g/mol. The van der Waals surface area contributed by atoms with Crippen LogP contribution in [0.4, 0.5) is 0 Å². The Bertz CT molecular complexity index is 1210. The Hall–Kier alpha value is -2.37. The van der Waals surface area contributed by atoms with E-state index in [2.05, 4.69) is 48.5 Å². The number of aromatic nitrogens is 2. The first-order valence-corrected chi connectivity index (χ1v) is 16.0. The maximum atomic E-state index is 6.24. The van der Waals surface area contributed by atoms with Crippen LogP contribution in [0.3, 0.4) is 0 Å². The quantitative estimate of drug-likeness (QED) is 0.167. The molecule has 176 valence electrons. The van der Waals surface area contributed by atoms with Crippen LogP contribution in [0.5, 0.6) is 0 Å². The average Bonchev–Trinajstić information content (AvgIpc) is 3.15. The molecule has 0 bridgehead atoms. The van der Waals surface area contributed by atoms with E-state index in [0.29, 0.717) is 23.2 Å². The minimum atomic E-state index is -1.18. The lowest BCUT2D eigenvalue weighted by molar-refractivity contribution is 0.0865. The number of hydrogen-bond donors (Lipinski definition) is 0. The van der Waals surface area contributed by atoms with Gasteiger partial charge in [0.25, 0.3) is 0 Å². The molecule has 6 heteroatoms. The van der Waals surface area contributed by atoms with Crippen molar-refractivity contribution in [1.29, 1.82) is 0 Å². The summed E-state index contributed by atoms with van der Waals surface area (Å²) >= 11 is 12.4. The Morgan fingerprint density at radius 1 is 0.794 bits per heavy atom. The van der Waals surface area contributed by atoms with Gasteiger partial charge in [0.2, 0.25) is 0 Å².